The smallest absolute Gasteiger partial charge is 0.343 e. The number of rotatable bonds is 3. The number of imide groups is 1. The highest BCUT2D eigenvalue weighted by Gasteiger charge is 2.67. The quantitative estimate of drug-likeness (QED) is 0.341. The average Bonchev–Trinajstić information content (AvgIpc) is 3.53. The van der Waals surface area contributed by atoms with Crippen molar-refractivity contribution in [1.82, 2.24) is 0 Å². The van der Waals surface area contributed by atoms with Crippen LogP contribution in [0.15, 0.2) is 60.7 Å². The van der Waals surface area contributed by atoms with Crippen LogP contribution in [-0.4, -0.2) is 17.8 Å². The van der Waals surface area contributed by atoms with Gasteiger partial charge in [-0.1, -0.05) is 36.4 Å². The molecule has 6 atom stereocenters. The van der Waals surface area contributed by atoms with Crippen LogP contribution in [-0.2, 0) is 9.59 Å². The van der Waals surface area contributed by atoms with E-state index in [4.69, 9.17) is 4.74 Å². The monoisotopic (exact) mass is 399 g/mol. The Hall–Kier alpha value is -3.21. The van der Waals surface area contributed by atoms with Crippen LogP contribution in [0.25, 0.3) is 0 Å². The summed E-state index contributed by atoms with van der Waals surface area (Å²) in [6, 6.07) is 13.9. The van der Waals surface area contributed by atoms with Crippen molar-refractivity contribution in [3.05, 3.63) is 71.8 Å². The predicted molar refractivity (Wildman–Crippen MR) is 110 cm³/mol. The van der Waals surface area contributed by atoms with E-state index in [1.54, 1.807) is 30.3 Å². The van der Waals surface area contributed by atoms with Crippen molar-refractivity contribution in [3.8, 4) is 5.75 Å². The molecule has 2 amide bonds. The predicted octanol–water partition coefficient (Wildman–Crippen LogP) is 3.77. The van der Waals surface area contributed by atoms with Crippen molar-refractivity contribution >= 4 is 23.5 Å². The fraction of sp³-hybridized carbons (Fsp3) is 0.320. The zero-order valence-corrected chi connectivity index (χ0v) is 16.5. The second-order valence-corrected chi connectivity index (χ2v) is 8.87. The molecule has 150 valence electrons. The van der Waals surface area contributed by atoms with Crippen molar-refractivity contribution in [1.29, 1.82) is 0 Å². The number of ether oxygens (including phenoxy) is 1. The summed E-state index contributed by atoms with van der Waals surface area (Å²) < 4.78 is 5.52. The number of allylic oxidation sites excluding steroid dienone is 2. The standard InChI is InChI=1S/C25H21NO4/c1-13-5-2-3-8-20(13)30-25(29)14-6-4-7-15(11-14)26-23(27)21-16-9-10-17(19-12-18(16)19)22(21)24(26)28/h2-11,16-19,21-22H,12H2,1H3/t16-,17-,18-,19-,21+,22+/m1/s1. The van der Waals surface area contributed by atoms with Gasteiger partial charge in [0.15, 0.2) is 0 Å². The molecule has 2 aromatic carbocycles. The van der Waals surface area contributed by atoms with Crippen molar-refractivity contribution in [3.63, 3.8) is 0 Å². The Morgan fingerprint density at radius 2 is 1.60 bits per heavy atom. The van der Waals surface area contributed by atoms with Gasteiger partial charge >= 0.3 is 5.97 Å². The molecule has 0 N–H and O–H groups in total. The van der Waals surface area contributed by atoms with Gasteiger partial charge in [-0.25, -0.2) is 9.69 Å². The molecule has 5 aliphatic rings. The van der Waals surface area contributed by atoms with Gasteiger partial charge in [-0.2, -0.15) is 0 Å². The summed E-state index contributed by atoms with van der Waals surface area (Å²) in [6.07, 6.45) is 5.45. The van der Waals surface area contributed by atoms with Gasteiger partial charge in [0.05, 0.1) is 23.1 Å². The van der Waals surface area contributed by atoms with Gasteiger partial charge in [-0.15, -0.1) is 0 Å². The van der Waals surface area contributed by atoms with E-state index in [-0.39, 0.29) is 35.5 Å². The van der Waals surface area contributed by atoms with Crippen molar-refractivity contribution in [2.45, 2.75) is 13.3 Å². The number of anilines is 1. The van der Waals surface area contributed by atoms with Crippen LogP contribution in [0.2, 0.25) is 0 Å². The van der Waals surface area contributed by atoms with Crippen LogP contribution in [0.3, 0.4) is 0 Å². The molecule has 0 spiro atoms. The molecular formula is C25H21NO4. The molecule has 3 fully saturated rings. The minimum Gasteiger partial charge on any atom is -0.423 e. The van der Waals surface area contributed by atoms with E-state index >= 15 is 0 Å². The summed E-state index contributed by atoms with van der Waals surface area (Å²) in [5.41, 5.74) is 1.62. The Labute approximate surface area is 174 Å². The Morgan fingerprint density at radius 1 is 0.933 bits per heavy atom. The highest BCUT2D eigenvalue weighted by Crippen LogP contribution is 2.65. The Balaban J connectivity index is 1.30. The van der Waals surface area contributed by atoms with Gasteiger partial charge in [-0.05, 0) is 66.8 Å². The lowest BCUT2D eigenvalue weighted by atomic mass is 9.63. The lowest BCUT2D eigenvalue weighted by Gasteiger charge is -2.37. The molecule has 7 rings (SSSR count). The molecule has 4 aliphatic carbocycles. The van der Waals surface area contributed by atoms with E-state index in [2.05, 4.69) is 12.2 Å². The van der Waals surface area contributed by atoms with E-state index in [0.717, 1.165) is 12.0 Å². The molecule has 0 aromatic heterocycles. The summed E-state index contributed by atoms with van der Waals surface area (Å²) in [4.78, 5) is 40.5. The van der Waals surface area contributed by atoms with E-state index in [0.29, 0.717) is 28.8 Å². The fourth-order valence-corrected chi connectivity index (χ4v) is 5.81. The largest absolute Gasteiger partial charge is 0.423 e. The number of para-hydroxylation sites is 1. The molecular weight excluding hydrogens is 378 g/mol. The highest BCUT2D eigenvalue weighted by atomic mass is 16.5. The van der Waals surface area contributed by atoms with E-state index in [1.165, 1.54) is 4.90 Å². The van der Waals surface area contributed by atoms with Gasteiger partial charge in [0.1, 0.15) is 5.75 Å². The third-order valence-electron chi connectivity index (χ3n) is 7.30. The van der Waals surface area contributed by atoms with Crippen LogP contribution < -0.4 is 9.64 Å². The van der Waals surface area contributed by atoms with Crippen LogP contribution in [0.4, 0.5) is 5.69 Å². The molecule has 30 heavy (non-hydrogen) atoms. The SMILES string of the molecule is Cc1ccccc1OC(=O)c1cccc(N2C(=O)[C@H]3[C@@H]4C=C[C@H]([C@H]5C[C@H]45)[C@@H]3C2=O)c1. The molecule has 5 heteroatoms. The van der Waals surface area contributed by atoms with Gasteiger partial charge in [0, 0.05) is 0 Å². The Kier molecular flexibility index (Phi) is 3.61. The summed E-state index contributed by atoms with van der Waals surface area (Å²) in [5.74, 6) is 0.721. The van der Waals surface area contributed by atoms with Crippen LogP contribution >= 0.6 is 0 Å². The number of amides is 2. The van der Waals surface area contributed by atoms with Crippen LogP contribution in [0.5, 0.6) is 5.75 Å². The van der Waals surface area contributed by atoms with Gasteiger partial charge in [0.25, 0.3) is 0 Å². The lowest BCUT2D eigenvalue weighted by molar-refractivity contribution is -0.124. The van der Waals surface area contributed by atoms with E-state index < -0.39 is 5.97 Å². The number of nitrogens with zero attached hydrogens (tertiary/aromatic N) is 1. The van der Waals surface area contributed by atoms with Gasteiger partial charge in [0.2, 0.25) is 11.8 Å². The number of esters is 1. The van der Waals surface area contributed by atoms with Crippen LogP contribution in [0.1, 0.15) is 22.3 Å². The second-order valence-electron chi connectivity index (χ2n) is 8.87. The molecule has 0 radical (unpaired) electrons. The average molecular weight is 399 g/mol. The first-order valence-electron chi connectivity index (χ1n) is 10.5. The first kappa shape index (κ1) is 17.6. The third-order valence-corrected chi connectivity index (χ3v) is 7.30. The summed E-state index contributed by atoms with van der Waals surface area (Å²) >= 11 is 0. The Morgan fingerprint density at radius 3 is 2.27 bits per heavy atom. The highest BCUT2D eigenvalue weighted by molar-refractivity contribution is 6.23. The van der Waals surface area contributed by atoms with E-state index in [1.807, 2.05) is 25.1 Å². The van der Waals surface area contributed by atoms with Gasteiger partial charge in [-0.3, -0.25) is 9.59 Å². The molecule has 1 aliphatic heterocycles. The maximum atomic E-state index is 13.3. The summed E-state index contributed by atoms with van der Waals surface area (Å²) in [6.45, 7) is 1.87. The number of aryl methyl sites for hydroxylation is 1. The molecule has 2 aromatic rings. The number of benzene rings is 2. The summed E-state index contributed by atoms with van der Waals surface area (Å²) in [7, 11) is 0. The molecule has 5 nitrogen and oxygen atoms in total. The number of carbonyl (C=O) groups is 3. The number of hydrogen-bond donors (Lipinski definition) is 0. The summed E-state index contributed by atoms with van der Waals surface area (Å²) in [5, 5.41) is 0. The molecule has 0 unspecified atom stereocenters. The Bertz CT molecular complexity index is 1100. The number of hydrogen-bond acceptors (Lipinski definition) is 4. The first-order valence-corrected chi connectivity index (χ1v) is 10.5. The third kappa shape index (κ3) is 2.38. The van der Waals surface area contributed by atoms with Crippen molar-refractivity contribution in [2.75, 3.05) is 4.90 Å². The maximum Gasteiger partial charge on any atom is 0.343 e. The second kappa shape index (κ2) is 6.14. The molecule has 1 heterocycles. The normalized spacial score (nSPS) is 32.8. The van der Waals surface area contributed by atoms with Crippen LogP contribution in [0, 0.1) is 42.4 Å². The fourth-order valence-electron chi connectivity index (χ4n) is 5.81. The molecule has 2 bridgehead atoms. The number of carbonyl (C=O) groups excluding carboxylic acids is 3. The maximum absolute atomic E-state index is 13.3. The molecule has 2 saturated carbocycles. The van der Waals surface area contributed by atoms with Crippen molar-refractivity contribution in [2.24, 2.45) is 35.5 Å². The zero-order valence-electron chi connectivity index (χ0n) is 16.5. The minimum absolute atomic E-state index is 0.126. The first-order chi connectivity index (χ1) is 14.5. The lowest BCUT2D eigenvalue weighted by Crippen LogP contribution is -2.40. The minimum atomic E-state index is -0.509. The van der Waals surface area contributed by atoms with E-state index in [9.17, 15) is 14.4 Å². The van der Waals surface area contributed by atoms with Gasteiger partial charge < -0.3 is 4.74 Å². The zero-order chi connectivity index (χ0) is 20.6. The van der Waals surface area contributed by atoms with Crippen molar-refractivity contribution < 1.29 is 19.1 Å². The molecule has 1 saturated heterocycles. The topological polar surface area (TPSA) is 63.7 Å².